The zero-order valence-electron chi connectivity index (χ0n) is 9.75. The van der Waals surface area contributed by atoms with Crippen molar-refractivity contribution in [1.29, 1.82) is 5.26 Å². The Morgan fingerprint density at radius 1 is 1.28 bits per heavy atom. The van der Waals surface area contributed by atoms with Crippen molar-refractivity contribution in [3.8, 4) is 6.07 Å². The van der Waals surface area contributed by atoms with Gasteiger partial charge in [-0.05, 0) is 12.1 Å². The Morgan fingerprint density at radius 3 is 2.44 bits per heavy atom. The fraction of sp³-hybridized carbons (Fsp3) is 0.417. The Kier molecular flexibility index (Phi) is 4.20. The fourth-order valence-electron chi connectivity index (χ4n) is 1.75. The molecule has 1 heterocycles. The molecule has 0 bridgehead atoms. The first kappa shape index (κ1) is 12.9. The van der Waals surface area contributed by atoms with Gasteiger partial charge in [-0.15, -0.1) is 0 Å². The highest BCUT2D eigenvalue weighted by atomic mass is 19.1. The quantitative estimate of drug-likeness (QED) is 0.878. The van der Waals surface area contributed by atoms with Crippen LogP contribution in [0.3, 0.4) is 0 Å². The molecule has 0 atom stereocenters. The van der Waals surface area contributed by atoms with Crippen molar-refractivity contribution in [2.75, 3.05) is 26.3 Å². The molecule has 0 spiro atoms. The molecule has 0 radical (unpaired) electrons. The third kappa shape index (κ3) is 3.01. The first-order valence-electron chi connectivity index (χ1n) is 5.65. The smallest absolute Gasteiger partial charge is 0.131 e. The highest BCUT2D eigenvalue weighted by Gasteiger charge is 2.14. The van der Waals surface area contributed by atoms with E-state index in [1.807, 2.05) is 5.01 Å². The van der Waals surface area contributed by atoms with Crippen LogP contribution in [0.4, 0.5) is 8.78 Å². The summed E-state index contributed by atoms with van der Waals surface area (Å²) in [5.41, 5.74) is 2.88. The molecular weight excluding hydrogens is 240 g/mol. The van der Waals surface area contributed by atoms with Gasteiger partial charge in [0.1, 0.15) is 11.6 Å². The summed E-state index contributed by atoms with van der Waals surface area (Å²) in [5, 5.41) is 10.5. The normalized spacial score (nSPS) is 16.5. The van der Waals surface area contributed by atoms with E-state index in [-0.39, 0.29) is 17.7 Å². The maximum Gasteiger partial charge on any atom is 0.131 e. The minimum atomic E-state index is -0.702. The molecule has 2 rings (SSSR count). The second-order valence-electron chi connectivity index (χ2n) is 3.96. The lowest BCUT2D eigenvalue weighted by atomic mass is 10.1. The Morgan fingerprint density at radius 2 is 1.89 bits per heavy atom. The maximum absolute atomic E-state index is 13.6. The van der Waals surface area contributed by atoms with Gasteiger partial charge in [-0.3, -0.25) is 5.43 Å². The first-order chi connectivity index (χ1) is 8.70. The van der Waals surface area contributed by atoms with Crippen LogP contribution in [-0.4, -0.2) is 31.3 Å². The molecule has 6 heteroatoms. The minimum absolute atomic E-state index is 0.0138. The molecule has 1 aromatic carbocycles. The third-order valence-corrected chi connectivity index (χ3v) is 2.76. The standard InChI is InChI=1S/C12H13F2N3O/c13-11-5-9(7-15)6-12(14)10(11)8-16-17-1-3-18-4-2-17/h5-6,16H,1-4,8H2. The Labute approximate surface area is 104 Å². The number of hydrogen-bond donors (Lipinski definition) is 1. The predicted molar refractivity (Wildman–Crippen MR) is 60.3 cm³/mol. The minimum Gasteiger partial charge on any atom is -0.379 e. The topological polar surface area (TPSA) is 48.3 Å². The number of hydrogen-bond acceptors (Lipinski definition) is 4. The van der Waals surface area contributed by atoms with E-state index in [0.29, 0.717) is 26.3 Å². The molecule has 1 aliphatic rings. The third-order valence-electron chi connectivity index (χ3n) is 2.76. The van der Waals surface area contributed by atoms with Gasteiger partial charge in [0, 0.05) is 25.2 Å². The van der Waals surface area contributed by atoms with Crippen molar-refractivity contribution < 1.29 is 13.5 Å². The van der Waals surface area contributed by atoms with Crippen LogP contribution in [0.2, 0.25) is 0 Å². The van der Waals surface area contributed by atoms with Crippen molar-refractivity contribution in [3.63, 3.8) is 0 Å². The van der Waals surface area contributed by atoms with Crippen molar-refractivity contribution >= 4 is 0 Å². The van der Waals surface area contributed by atoms with Gasteiger partial charge in [-0.25, -0.2) is 13.8 Å². The molecule has 96 valence electrons. The lowest BCUT2D eigenvalue weighted by Crippen LogP contribution is -2.45. The molecule has 18 heavy (non-hydrogen) atoms. The van der Waals surface area contributed by atoms with Crippen LogP contribution in [-0.2, 0) is 11.3 Å². The summed E-state index contributed by atoms with van der Waals surface area (Å²) in [5.74, 6) is -1.40. The number of ether oxygens (including phenoxy) is 1. The van der Waals surface area contributed by atoms with E-state index < -0.39 is 11.6 Å². The number of nitriles is 1. The summed E-state index contributed by atoms with van der Waals surface area (Å²) < 4.78 is 32.3. The molecule has 0 unspecified atom stereocenters. The molecule has 0 aliphatic carbocycles. The Balaban J connectivity index is 2.02. The van der Waals surface area contributed by atoms with Crippen LogP contribution in [0, 0.1) is 23.0 Å². The molecule has 1 aliphatic heterocycles. The highest BCUT2D eigenvalue weighted by Crippen LogP contribution is 2.15. The van der Waals surface area contributed by atoms with Gasteiger partial charge in [-0.1, -0.05) is 0 Å². The highest BCUT2D eigenvalue weighted by molar-refractivity contribution is 5.34. The molecule has 4 nitrogen and oxygen atoms in total. The number of rotatable bonds is 3. The van der Waals surface area contributed by atoms with Crippen molar-refractivity contribution in [2.24, 2.45) is 0 Å². The zero-order valence-corrected chi connectivity index (χ0v) is 9.75. The number of morpholine rings is 1. The number of halogens is 2. The molecule has 0 saturated carbocycles. The predicted octanol–water partition coefficient (Wildman–Crippen LogP) is 1.17. The van der Waals surface area contributed by atoms with Crippen LogP contribution in [0.25, 0.3) is 0 Å². The van der Waals surface area contributed by atoms with Gasteiger partial charge in [0.05, 0.1) is 24.8 Å². The van der Waals surface area contributed by atoms with E-state index in [4.69, 9.17) is 10.00 Å². The summed E-state index contributed by atoms with van der Waals surface area (Å²) >= 11 is 0. The SMILES string of the molecule is N#Cc1cc(F)c(CNN2CCOCC2)c(F)c1. The average Bonchev–Trinajstić information content (AvgIpc) is 2.38. The van der Waals surface area contributed by atoms with Crippen molar-refractivity contribution in [2.45, 2.75) is 6.54 Å². The van der Waals surface area contributed by atoms with E-state index in [1.165, 1.54) is 0 Å². The molecule has 1 aromatic rings. The van der Waals surface area contributed by atoms with E-state index >= 15 is 0 Å². The van der Waals surface area contributed by atoms with Gasteiger partial charge >= 0.3 is 0 Å². The number of nitrogens with one attached hydrogen (secondary N) is 1. The van der Waals surface area contributed by atoms with Gasteiger partial charge < -0.3 is 4.74 Å². The lowest BCUT2D eigenvalue weighted by molar-refractivity contribution is 0.0102. The summed E-state index contributed by atoms with van der Waals surface area (Å²) in [6.07, 6.45) is 0. The molecule has 1 saturated heterocycles. The van der Waals surface area contributed by atoms with Crippen LogP contribution in [0.1, 0.15) is 11.1 Å². The van der Waals surface area contributed by atoms with Gasteiger partial charge in [0.15, 0.2) is 0 Å². The van der Waals surface area contributed by atoms with E-state index in [1.54, 1.807) is 6.07 Å². The molecule has 0 amide bonds. The zero-order chi connectivity index (χ0) is 13.0. The average molecular weight is 253 g/mol. The van der Waals surface area contributed by atoms with Gasteiger partial charge in [0.2, 0.25) is 0 Å². The summed E-state index contributed by atoms with van der Waals surface area (Å²) in [6, 6.07) is 3.80. The lowest BCUT2D eigenvalue weighted by Gasteiger charge is -2.27. The van der Waals surface area contributed by atoms with Crippen molar-refractivity contribution in [1.82, 2.24) is 10.4 Å². The van der Waals surface area contributed by atoms with E-state index in [9.17, 15) is 8.78 Å². The fourth-order valence-corrected chi connectivity index (χ4v) is 1.75. The molecular formula is C12H13F2N3O. The summed E-state index contributed by atoms with van der Waals surface area (Å²) in [7, 11) is 0. The first-order valence-corrected chi connectivity index (χ1v) is 5.65. The van der Waals surface area contributed by atoms with Crippen LogP contribution in [0.15, 0.2) is 12.1 Å². The Hall–Kier alpha value is -1.55. The van der Waals surface area contributed by atoms with E-state index in [0.717, 1.165) is 12.1 Å². The summed E-state index contributed by atoms with van der Waals surface area (Å²) in [6.45, 7) is 2.62. The second-order valence-corrected chi connectivity index (χ2v) is 3.96. The van der Waals surface area contributed by atoms with Crippen LogP contribution in [0.5, 0.6) is 0 Å². The molecule has 1 fully saturated rings. The maximum atomic E-state index is 13.6. The number of benzene rings is 1. The van der Waals surface area contributed by atoms with Crippen molar-refractivity contribution in [3.05, 3.63) is 34.9 Å². The second kappa shape index (κ2) is 5.87. The van der Waals surface area contributed by atoms with Gasteiger partial charge in [0.25, 0.3) is 0 Å². The van der Waals surface area contributed by atoms with Crippen LogP contribution < -0.4 is 5.43 Å². The van der Waals surface area contributed by atoms with Crippen LogP contribution >= 0.6 is 0 Å². The summed E-state index contributed by atoms with van der Waals surface area (Å²) in [4.78, 5) is 0. The molecule has 0 aromatic heterocycles. The number of hydrazine groups is 1. The Bertz CT molecular complexity index is 444. The molecule has 1 N–H and O–H groups in total. The van der Waals surface area contributed by atoms with E-state index in [2.05, 4.69) is 5.43 Å². The van der Waals surface area contributed by atoms with Gasteiger partial charge in [-0.2, -0.15) is 5.26 Å². The number of nitrogens with zero attached hydrogens (tertiary/aromatic N) is 2. The monoisotopic (exact) mass is 253 g/mol. The largest absolute Gasteiger partial charge is 0.379 e.